The summed E-state index contributed by atoms with van der Waals surface area (Å²) in [6.07, 6.45) is -2.91. The third-order valence-electron chi connectivity index (χ3n) is 2.18. The van der Waals surface area contributed by atoms with Crippen molar-refractivity contribution < 1.29 is 22.7 Å². The van der Waals surface area contributed by atoms with Gasteiger partial charge in [-0.1, -0.05) is 0 Å². The van der Waals surface area contributed by atoms with Crippen molar-refractivity contribution in [2.75, 3.05) is 6.61 Å². The van der Waals surface area contributed by atoms with Gasteiger partial charge < -0.3 is 15.8 Å². The quantitative estimate of drug-likeness (QED) is 0.812. The summed E-state index contributed by atoms with van der Waals surface area (Å²) in [5.41, 5.74) is 6.06. The number of carbonyl (C=O) groups is 1. The highest BCUT2D eigenvalue weighted by Gasteiger charge is 2.28. The van der Waals surface area contributed by atoms with Crippen molar-refractivity contribution in [1.29, 1.82) is 0 Å². The first kappa shape index (κ1) is 23.0. The molecule has 1 aromatic rings. The highest BCUT2D eigenvalue weighted by molar-refractivity contribution is 5.85. The largest absolute Gasteiger partial charge is 0.468 e. The molecule has 1 unspecified atom stereocenters. The number of hydrogen-bond donors (Lipinski definition) is 2. The van der Waals surface area contributed by atoms with E-state index < -0.39 is 12.8 Å². The van der Waals surface area contributed by atoms with E-state index in [-0.39, 0.29) is 55.6 Å². The molecule has 1 rings (SSSR count). The third-order valence-corrected chi connectivity index (χ3v) is 2.18. The number of hydrogen-bond acceptors (Lipinski definition) is 4. The Kier molecular flexibility index (Phi) is 11.0. The van der Waals surface area contributed by atoms with Gasteiger partial charge in [0, 0.05) is 31.3 Å². The van der Waals surface area contributed by atoms with Crippen molar-refractivity contribution in [3.8, 4) is 5.88 Å². The number of pyridine rings is 1. The lowest BCUT2D eigenvalue weighted by Crippen LogP contribution is -2.29. The number of nitrogens with one attached hydrogen (secondary N) is 1. The molecule has 1 atom stereocenters. The van der Waals surface area contributed by atoms with Crippen LogP contribution in [0.1, 0.15) is 18.9 Å². The molecule has 128 valence electrons. The number of nitrogens with two attached hydrogens (primary N) is 1. The second-order valence-electron chi connectivity index (χ2n) is 4.36. The molecule has 0 spiro atoms. The average molecular weight is 364 g/mol. The van der Waals surface area contributed by atoms with Crippen LogP contribution in [-0.4, -0.2) is 29.7 Å². The van der Waals surface area contributed by atoms with Crippen molar-refractivity contribution in [2.45, 2.75) is 32.1 Å². The third kappa shape index (κ3) is 10.5. The van der Waals surface area contributed by atoms with Crippen LogP contribution in [0.4, 0.5) is 13.2 Å². The van der Waals surface area contributed by atoms with E-state index in [4.69, 9.17) is 5.73 Å². The average Bonchev–Trinajstić information content (AvgIpc) is 2.33. The highest BCUT2D eigenvalue weighted by atomic mass is 35.5. The SMILES string of the molecule is CC(N)CC(=O)NCc1ccnc(OCC(F)(F)F)c1.Cl.Cl. The lowest BCUT2D eigenvalue weighted by molar-refractivity contribution is -0.154. The monoisotopic (exact) mass is 363 g/mol. The van der Waals surface area contributed by atoms with Crippen molar-refractivity contribution in [3.05, 3.63) is 23.9 Å². The number of carbonyl (C=O) groups excluding carboxylic acids is 1. The fourth-order valence-electron chi connectivity index (χ4n) is 1.36. The molecular weight excluding hydrogens is 346 g/mol. The minimum Gasteiger partial charge on any atom is -0.468 e. The van der Waals surface area contributed by atoms with Gasteiger partial charge in [0.15, 0.2) is 6.61 Å². The van der Waals surface area contributed by atoms with Crippen LogP contribution in [0.2, 0.25) is 0 Å². The van der Waals surface area contributed by atoms with Crippen LogP contribution in [0.3, 0.4) is 0 Å². The molecule has 0 saturated carbocycles. The van der Waals surface area contributed by atoms with Crippen LogP contribution in [0, 0.1) is 0 Å². The van der Waals surface area contributed by atoms with Crippen LogP contribution in [0.15, 0.2) is 18.3 Å². The van der Waals surface area contributed by atoms with Gasteiger partial charge in [-0.05, 0) is 18.6 Å². The fraction of sp³-hybridized carbons (Fsp3) is 0.500. The molecule has 0 aromatic carbocycles. The summed E-state index contributed by atoms with van der Waals surface area (Å²) in [6.45, 7) is 0.478. The molecule has 0 saturated heterocycles. The number of halogens is 5. The highest BCUT2D eigenvalue weighted by Crippen LogP contribution is 2.17. The number of ether oxygens (including phenoxy) is 1. The summed E-state index contributed by atoms with van der Waals surface area (Å²) in [7, 11) is 0. The van der Waals surface area contributed by atoms with Crippen molar-refractivity contribution >= 4 is 30.7 Å². The summed E-state index contributed by atoms with van der Waals surface area (Å²) in [4.78, 5) is 15.0. The topological polar surface area (TPSA) is 77.2 Å². The first-order valence-corrected chi connectivity index (χ1v) is 5.93. The second kappa shape index (κ2) is 10.5. The second-order valence-corrected chi connectivity index (χ2v) is 4.36. The van der Waals surface area contributed by atoms with Gasteiger partial charge in [0.25, 0.3) is 0 Å². The summed E-state index contributed by atoms with van der Waals surface area (Å²) < 4.78 is 40.5. The zero-order valence-corrected chi connectivity index (χ0v) is 13.4. The van der Waals surface area contributed by atoms with E-state index >= 15 is 0 Å². The normalized spacial score (nSPS) is 11.7. The molecule has 0 radical (unpaired) electrons. The van der Waals surface area contributed by atoms with Crippen LogP contribution >= 0.6 is 24.8 Å². The summed E-state index contributed by atoms with van der Waals surface area (Å²) in [5, 5.41) is 2.61. The van der Waals surface area contributed by atoms with Crippen molar-refractivity contribution in [3.63, 3.8) is 0 Å². The predicted octanol–water partition coefficient (Wildman–Crippen LogP) is 2.22. The molecule has 0 aliphatic rings. The molecule has 10 heteroatoms. The molecule has 1 aromatic heterocycles. The number of aromatic nitrogens is 1. The van der Waals surface area contributed by atoms with E-state index in [1.54, 1.807) is 13.0 Å². The van der Waals surface area contributed by atoms with Crippen LogP contribution in [-0.2, 0) is 11.3 Å². The lowest BCUT2D eigenvalue weighted by atomic mass is 10.2. The Morgan fingerprint density at radius 1 is 1.45 bits per heavy atom. The summed E-state index contributed by atoms with van der Waals surface area (Å²) in [6, 6.07) is 2.67. The van der Waals surface area contributed by atoms with E-state index in [0.29, 0.717) is 5.56 Å². The van der Waals surface area contributed by atoms with E-state index in [1.165, 1.54) is 12.3 Å². The zero-order valence-electron chi connectivity index (χ0n) is 11.7. The maximum absolute atomic E-state index is 12.0. The lowest BCUT2D eigenvalue weighted by Gasteiger charge is -2.10. The van der Waals surface area contributed by atoms with Gasteiger partial charge in [-0.15, -0.1) is 24.8 Å². The summed E-state index contributed by atoms with van der Waals surface area (Å²) >= 11 is 0. The van der Waals surface area contributed by atoms with E-state index in [1.807, 2.05) is 0 Å². The maximum atomic E-state index is 12.0. The standard InChI is InChI=1S/C12H16F3N3O2.2ClH/c1-8(16)4-10(19)18-6-9-2-3-17-11(5-9)20-7-12(13,14)15;;/h2-3,5,8H,4,6-7,16H2,1H3,(H,18,19);2*1H. The minimum absolute atomic E-state index is 0. The Hall–Kier alpha value is -1.25. The van der Waals surface area contributed by atoms with Crippen LogP contribution in [0.5, 0.6) is 5.88 Å². The molecule has 3 N–H and O–H groups in total. The molecule has 5 nitrogen and oxygen atoms in total. The van der Waals surface area contributed by atoms with Gasteiger partial charge in [-0.3, -0.25) is 4.79 Å². The zero-order chi connectivity index (χ0) is 15.2. The van der Waals surface area contributed by atoms with Gasteiger partial charge in [0.05, 0.1) is 0 Å². The van der Waals surface area contributed by atoms with Crippen LogP contribution < -0.4 is 15.8 Å². The van der Waals surface area contributed by atoms with Gasteiger partial charge in [-0.2, -0.15) is 13.2 Å². The summed E-state index contributed by atoms with van der Waals surface area (Å²) in [5.74, 6) is -0.365. The Labute approximate surface area is 138 Å². The van der Waals surface area contributed by atoms with Gasteiger partial charge in [-0.25, -0.2) is 4.98 Å². The van der Waals surface area contributed by atoms with Gasteiger partial charge in [0.1, 0.15) is 0 Å². The Morgan fingerprint density at radius 3 is 2.64 bits per heavy atom. The van der Waals surface area contributed by atoms with Crippen LogP contribution in [0.25, 0.3) is 0 Å². The van der Waals surface area contributed by atoms with E-state index in [0.717, 1.165) is 0 Å². The Bertz CT molecular complexity index is 459. The predicted molar refractivity (Wildman–Crippen MR) is 80.4 cm³/mol. The molecular formula is C12H18Cl2F3N3O2. The molecule has 0 aliphatic carbocycles. The molecule has 0 aliphatic heterocycles. The molecule has 1 amide bonds. The van der Waals surface area contributed by atoms with Gasteiger partial charge in [0.2, 0.25) is 11.8 Å². The number of amides is 1. The molecule has 1 heterocycles. The smallest absolute Gasteiger partial charge is 0.422 e. The van der Waals surface area contributed by atoms with Crippen molar-refractivity contribution in [1.82, 2.24) is 10.3 Å². The first-order valence-electron chi connectivity index (χ1n) is 5.93. The maximum Gasteiger partial charge on any atom is 0.422 e. The molecule has 22 heavy (non-hydrogen) atoms. The van der Waals surface area contributed by atoms with E-state index in [9.17, 15) is 18.0 Å². The van der Waals surface area contributed by atoms with Crippen molar-refractivity contribution in [2.24, 2.45) is 5.73 Å². The number of nitrogens with zero attached hydrogens (tertiary/aromatic N) is 1. The Morgan fingerprint density at radius 2 is 2.09 bits per heavy atom. The first-order chi connectivity index (χ1) is 9.26. The fourth-order valence-corrected chi connectivity index (χ4v) is 1.36. The number of alkyl halides is 3. The Balaban J connectivity index is 0. The molecule has 0 bridgehead atoms. The minimum atomic E-state index is -4.41. The van der Waals surface area contributed by atoms with E-state index in [2.05, 4.69) is 15.0 Å². The molecule has 0 fully saturated rings. The van der Waals surface area contributed by atoms with Gasteiger partial charge >= 0.3 is 6.18 Å². The number of rotatable bonds is 6.